The number of hydrogen-bond acceptors (Lipinski definition) is 2. The van der Waals surface area contributed by atoms with Crippen LogP contribution in [0, 0.1) is 5.92 Å². The summed E-state index contributed by atoms with van der Waals surface area (Å²) in [5.74, 6) is 0.981. The van der Waals surface area contributed by atoms with Crippen LogP contribution in [-0.4, -0.2) is 15.6 Å². The quantitative estimate of drug-likeness (QED) is 0.850. The van der Waals surface area contributed by atoms with E-state index in [1.54, 1.807) is 0 Å². The maximum atomic E-state index is 4.20. The fraction of sp³-hybridized carbons (Fsp3) is 0.786. The Morgan fingerprint density at radius 2 is 2.06 bits per heavy atom. The molecule has 1 aromatic heterocycles. The highest BCUT2D eigenvalue weighted by Crippen LogP contribution is 2.26. The third kappa shape index (κ3) is 3.32. The zero-order valence-corrected chi connectivity index (χ0v) is 11.2. The lowest BCUT2D eigenvalue weighted by Crippen LogP contribution is -2.33. The van der Waals surface area contributed by atoms with Crippen molar-refractivity contribution >= 4 is 0 Å². The van der Waals surface area contributed by atoms with Gasteiger partial charge < -0.3 is 9.88 Å². The van der Waals surface area contributed by atoms with Crippen LogP contribution >= 0.6 is 0 Å². The molecule has 0 atom stereocenters. The first kappa shape index (κ1) is 12.6. The third-order valence-electron chi connectivity index (χ3n) is 4.14. The van der Waals surface area contributed by atoms with Gasteiger partial charge in [-0.2, -0.15) is 0 Å². The van der Waals surface area contributed by atoms with Crippen LogP contribution in [0.2, 0.25) is 0 Å². The topological polar surface area (TPSA) is 29.9 Å². The van der Waals surface area contributed by atoms with E-state index in [1.165, 1.54) is 37.8 Å². The first-order valence-corrected chi connectivity index (χ1v) is 7.05. The second kappa shape index (κ2) is 6.20. The summed E-state index contributed by atoms with van der Waals surface area (Å²) in [6, 6.07) is 0.720. The van der Waals surface area contributed by atoms with Crippen molar-refractivity contribution < 1.29 is 0 Å². The number of hydrogen-bond donors (Lipinski definition) is 1. The van der Waals surface area contributed by atoms with Crippen molar-refractivity contribution in [1.82, 2.24) is 14.9 Å². The van der Waals surface area contributed by atoms with E-state index < -0.39 is 0 Å². The monoisotopic (exact) mass is 235 g/mol. The predicted molar refractivity (Wildman–Crippen MR) is 70.8 cm³/mol. The third-order valence-corrected chi connectivity index (χ3v) is 4.14. The van der Waals surface area contributed by atoms with E-state index >= 15 is 0 Å². The molecule has 0 unspecified atom stereocenters. The Balaban J connectivity index is 1.76. The van der Waals surface area contributed by atoms with E-state index in [0.717, 1.165) is 25.0 Å². The molecule has 1 N–H and O–H groups in total. The summed E-state index contributed by atoms with van der Waals surface area (Å²) in [5.41, 5.74) is 1.31. The molecular weight excluding hydrogens is 210 g/mol. The smallest absolute Gasteiger partial charge is 0.0948 e. The summed E-state index contributed by atoms with van der Waals surface area (Å²) >= 11 is 0. The number of nitrogens with zero attached hydrogens (tertiary/aromatic N) is 2. The van der Waals surface area contributed by atoms with Crippen molar-refractivity contribution in [3.05, 3.63) is 18.2 Å². The Hall–Kier alpha value is -0.830. The maximum absolute atomic E-state index is 4.20. The molecule has 3 heteroatoms. The van der Waals surface area contributed by atoms with Gasteiger partial charge in [0.25, 0.3) is 0 Å². The Kier molecular flexibility index (Phi) is 4.60. The first-order valence-electron chi connectivity index (χ1n) is 7.05. The number of aryl methyl sites for hydroxylation is 1. The molecule has 3 nitrogen and oxygen atoms in total. The summed E-state index contributed by atoms with van der Waals surface area (Å²) in [4.78, 5) is 4.20. The molecule has 0 aromatic carbocycles. The zero-order chi connectivity index (χ0) is 12.1. The zero-order valence-electron chi connectivity index (χ0n) is 11.2. The lowest BCUT2D eigenvalue weighted by Gasteiger charge is -2.28. The van der Waals surface area contributed by atoms with Gasteiger partial charge in [-0.05, 0) is 38.5 Å². The molecule has 0 amide bonds. The van der Waals surface area contributed by atoms with Crippen LogP contribution < -0.4 is 5.32 Å². The summed E-state index contributed by atoms with van der Waals surface area (Å²) in [6.07, 6.45) is 10.8. The lowest BCUT2D eigenvalue weighted by atomic mass is 9.84. The average molecular weight is 235 g/mol. The van der Waals surface area contributed by atoms with Gasteiger partial charge in [0.05, 0.1) is 12.0 Å². The molecule has 1 aliphatic rings. The van der Waals surface area contributed by atoms with Crippen molar-refractivity contribution in [2.75, 3.05) is 0 Å². The van der Waals surface area contributed by atoms with Crippen LogP contribution in [0.25, 0.3) is 0 Å². The fourth-order valence-corrected chi connectivity index (χ4v) is 2.80. The van der Waals surface area contributed by atoms with Crippen molar-refractivity contribution in [3.63, 3.8) is 0 Å². The Morgan fingerprint density at radius 3 is 2.71 bits per heavy atom. The van der Waals surface area contributed by atoms with E-state index in [0.29, 0.717) is 0 Å². The number of rotatable bonds is 5. The minimum absolute atomic E-state index is 0.720. The largest absolute Gasteiger partial charge is 0.334 e. The number of aromatic nitrogens is 2. The SMILES string of the molecule is CCC1CCC(NCc2cncn2CC)CC1. The van der Waals surface area contributed by atoms with E-state index in [1.807, 2.05) is 12.5 Å². The molecule has 0 saturated heterocycles. The van der Waals surface area contributed by atoms with Crippen LogP contribution in [0.15, 0.2) is 12.5 Å². The summed E-state index contributed by atoms with van der Waals surface area (Å²) in [7, 11) is 0. The molecule has 0 radical (unpaired) electrons. The standard InChI is InChI=1S/C14H25N3/c1-3-12-5-7-13(8-6-12)16-10-14-9-15-11-17(14)4-2/h9,11-13,16H,3-8,10H2,1-2H3. The van der Waals surface area contributed by atoms with E-state index in [-0.39, 0.29) is 0 Å². The van der Waals surface area contributed by atoms with Crippen LogP contribution in [0.4, 0.5) is 0 Å². The Bertz CT molecular complexity index is 324. The molecule has 1 heterocycles. The molecule has 0 spiro atoms. The second-order valence-corrected chi connectivity index (χ2v) is 5.18. The molecule has 2 rings (SSSR count). The van der Waals surface area contributed by atoms with Gasteiger partial charge >= 0.3 is 0 Å². The highest BCUT2D eigenvalue weighted by Gasteiger charge is 2.19. The van der Waals surface area contributed by atoms with Gasteiger partial charge in [-0.25, -0.2) is 4.98 Å². The van der Waals surface area contributed by atoms with E-state index in [4.69, 9.17) is 0 Å². The predicted octanol–water partition coefficient (Wildman–Crippen LogP) is 2.96. The lowest BCUT2D eigenvalue weighted by molar-refractivity contribution is 0.284. The molecule has 17 heavy (non-hydrogen) atoms. The van der Waals surface area contributed by atoms with Crippen LogP contribution in [0.1, 0.15) is 51.6 Å². The molecular formula is C14H25N3. The Labute approximate surface area is 105 Å². The van der Waals surface area contributed by atoms with Gasteiger partial charge in [-0.1, -0.05) is 13.3 Å². The molecule has 1 aromatic rings. The highest BCUT2D eigenvalue weighted by atomic mass is 15.1. The average Bonchev–Trinajstić information content (AvgIpc) is 2.84. The van der Waals surface area contributed by atoms with Gasteiger partial charge in [-0.3, -0.25) is 0 Å². The highest BCUT2D eigenvalue weighted by molar-refractivity contribution is 4.98. The molecule has 0 aliphatic heterocycles. The summed E-state index contributed by atoms with van der Waals surface area (Å²) in [6.45, 7) is 6.46. The van der Waals surface area contributed by atoms with Gasteiger partial charge in [-0.15, -0.1) is 0 Å². The molecule has 96 valence electrons. The summed E-state index contributed by atoms with van der Waals surface area (Å²) < 4.78 is 2.21. The fourth-order valence-electron chi connectivity index (χ4n) is 2.80. The van der Waals surface area contributed by atoms with Crippen molar-refractivity contribution in [3.8, 4) is 0 Å². The van der Waals surface area contributed by atoms with E-state index in [9.17, 15) is 0 Å². The molecule has 1 fully saturated rings. The van der Waals surface area contributed by atoms with Crippen LogP contribution in [-0.2, 0) is 13.1 Å². The molecule has 1 saturated carbocycles. The molecule has 0 bridgehead atoms. The van der Waals surface area contributed by atoms with E-state index in [2.05, 4.69) is 28.7 Å². The minimum atomic E-state index is 0.720. The van der Waals surface area contributed by atoms with Gasteiger partial charge in [0.15, 0.2) is 0 Å². The Morgan fingerprint density at radius 1 is 1.29 bits per heavy atom. The summed E-state index contributed by atoms with van der Waals surface area (Å²) in [5, 5.41) is 3.68. The van der Waals surface area contributed by atoms with Gasteiger partial charge in [0.2, 0.25) is 0 Å². The first-order chi connectivity index (χ1) is 8.33. The minimum Gasteiger partial charge on any atom is -0.334 e. The number of imidazole rings is 1. The normalized spacial score (nSPS) is 25.1. The van der Waals surface area contributed by atoms with Crippen LogP contribution in [0.3, 0.4) is 0 Å². The second-order valence-electron chi connectivity index (χ2n) is 5.18. The maximum Gasteiger partial charge on any atom is 0.0948 e. The van der Waals surface area contributed by atoms with Crippen molar-refractivity contribution in [2.45, 2.75) is 65.1 Å². The van der Waals surface area contributed by atoms with Gasteiger partial charge in [0, 0.05) is 25.3 Å². The number of nitrogens with one attached hydrogen (secondary N) is 1. The van der Waals surface area contributed by atoms with Crippen molar-refractivity contribution in [2.24, 2.45) is 5.92 Å². The van der Waals surface area contributed by atoms with Crippen molar-refractivity contribution in [1.29, 1.82) is 0 Å². The van der Waals surface area contributed by atoms with Crippen LogP contribution in [0.5, 0.6) is 0 Å². The molecule has 1 aliphatic carbocycles. The van der Waals surface area contributed by atoms with Gasteiger partial charge in [0.1, 0.15) is 0 Å².